The number of para-hydroxylation sites is 1. The van der Waals surface area contributed by atoms with E-state index < -0.39 is 0 Å². The monoisotopic (exact) mass is 808 g/mol. The third-order valence-electron chi connectivity index (χ3n) is 14.2. The Bertz CT molecular complexity index is 3430. The smallest absolute Gasteiger partial charge is 0.198 e. The molecule has 1 aliphatic heterocycles. The van der Waals surface area contributed by atoms with Gasteiger partial charge >= 0.3 is 0 Å². The van der Waals surface area contributed by atoms with Gasteiger partial charge in [-0.1, -0.05) is 185 Å². The number of aryl methyl sites for hydroxylation is 1. The zero-order valence-corrected chi connectivity index (χ0v) is 36.3. The van der Waals surface area contributed by atoms with Crippen molar-refractivity contribution in [2.24, 2.45) is 0 Å². The maximum Gasteiger partial charge on any atom is 0.198 e. The molecule has 0 saturated carbocycles. The molecule has 0 amide bonds. The first-order valence-electron chi connectivity index (χ1n) is 22.9. The van der Waals surface area contributed by atoms with Gasteiger partial charge in [0.1, 0.15) is 0 Å². The van der Waals surface area contributed by atoms with Crippen molar-refractivity contribution < 1.29 is 0 Å². The van der Waals surface area contributed by atoms with Gasteiger partial charge in [0.25, 0.3) is 0 Å². The summed E-state index contributed by atoms with van der Waals surface area (Å²) in [5.41, 5.74) is 23.0. The van der Waals surface area contributed by atoms with Crippen molar-refractivity contribution in [2.75, 3.05) is 5.32 Å². The van der Waals surface area contributed by atoms with E-state index in [1.54, 1.807) is 0 Å². The molecule has 0 spiro atoms. The van der Waals surface area contributed by atoms with Crippen molar-refractivity contribution in [1.82, 2.24) is 4.57 Å². The Kier molecular flexibility index (Phi) is 8.83. The predicted octanol–water partition coefficient (Wildman–Crippen LogP) is 14.4. The number of unbranched alkanes of at least 4 members (excludes halogenated alkanes) is 2. The molecule has 0 bridgehead atoms. The van der Waals surface area contributed by atoms with Crippen molar-refractivity contribution in [3.8, 4) is 50.2 Å². The molecule has 1 N–H and O–H groups in total. The molecule has 302 valence electrons. The largest absolute Gasteiger partial charge is 0.355 e. The lowest BCUT2D eigenvalue weighted by atomic mass is 9.58. The van der Waals surface area contributed by atoms with Gasteiger partial charge in [0.2, 0.25) is 0 Å². The fourth-order valence-electron chi connectivity index (χ4n) is 11.1. The van der Waals surface area contributed by atoms with Crippen LogP contribution < -0.4 is 16.2 Å². The number of hydrogen-bond acceptors (Lipinski definition) is 1. The molecule has 3 heteroatoms. The molecule has 2 heterocycles. The highest BCUT2D eigenvalue weighted by atomic mass is 15.0. The minimum atomic E-state index is -0.0958. The SMILES string of the molecule is CCCCCc1ccc(Nc2ccccc2-c2cc(-c3ccccc3-c3ccccc3)c3c4c5ccccc5ccc4n4c3c2Bc2cc3c(cc2-4)-c2ccccc2C3(C)C)cc1. The first kappa shape index (κ1) is 37.6. The molecule has 0 atom stereocenters. The van der Waals surface area contributed by atoms with E-state index in [-0.39, 0.29) is 5.41 Å². The van der Waals surface area contributed by atoms with Gasteiger partial charge in [-0.3, -0.25) is 0 Å². The maximum atomic E-state index is 3.91. The molecule has 0 saturated heterocycles. The normalized spacial score (nSPS) is 13.2. The first-order valence-corrected chi connectivity index (χ1v) is 22.9. The van der Waals surface area contributed by atoms with Gasteiger partial charge in [-0.05, 0) is 121 Å². The Morgan fingerprint density at radius 2 is 1.25 bits per heavy atom. The van der Waals surface area contributed by atoms with E-state index in [2.05, 4.69) is 213 Å². The van der Waals surface area contributed by atoms with Crippen LogP contribution in [0.5, 0.6) is 0 Å². The van der Waals surface area contributed by atoms with Crippen LogP contribution in [0.4, 0.5) is 11.4 Å². The Labute approximate surface area is 371 Å². The second kappa shape index (κ2) is 14.8. The van der Waals surface area contributed by atoms with E-state index in [0.717, 1.165) is 25.1 Å². The lowest BCUT2D eigenvalue weighted by molar-refractivity contribution is 0.661. The van der Waals surface area contributed by atoms with Gasteiger partial charge in [0.15, 0.2) is 7.28 Å². The second-order valence-corrected chi connectivity index (χ2v) is 18.3. The van der Waals surface area contributed by atoms with Crippen LogP contribution in [0.15, 0.2) is 182 Å². The number of aromatic nitrogens is 1. The average molecular weight is 809 g/mol. The van der Waals surface area contributed by atoms with Crippen molar-refractivity contribution >= 4 is 62.2 Å². The number of benzene rings is 9. The number of fused-ring (bicyclic) bond motifs is 10. The molecule has 2 nitrogen and oxygen atoms in total. The minimum Gasteiger partial charge on any atom is -0.355 e. The lowest BCUT2D eigenvalue weighted by Gasteiger charge is -2.28. The molecule has 63 heavy (non-hydrogen) atoms. The fourth-order valence-corrected chi connectivity index (χ4v) is 11.1. The second-order valence-electron chi connectivity index (χ2n) is 18.3. The van der Waals surface area contributed by atoms with Crippen molar-refractivity contribution in [3.63, 3.8) is 0 Å². The summed E-state index contributed by atoms with van der Waals surface area (Å²) in [6, 6.07) is 68.4. The zero-order valence-electron chi connectivity index (χ0n) is 36.3. The van der Waals surface area contributed by atoms with E-state index in [4.69, 9.17) is 0 Å². The van der Waals surface area contributed by atoms with Crippen LogP contribution in [0.3, 0.4) is 0 Å². The molecule has 10 aromatic rings. The highest BCUT2D eigenvalue weighted by molar-refractivity contribution is 6.74. The highest BCUT2D eigenvalue weighted by Crippen LogP contribution is 2.51. The maximum absolute atomic E-state index is 3.91. The van der Waals surface area contributed by atoms with Gasteiger partial charge in [0.05, 0.1) is 5.52 Å². The standard InChI is InChI=1S/C60H49BN2/c1-4-5-7-18-38-29-32-41(33-30-38)62-53-28-17-15-26-46(53)49-35-48(44-24-13-12-22-42(44)39-19-8-6-9-20-39)57-56-43-23-11-10-21-40(43)31-34-54(56)63-55-36-47-45-25-14-16-27-50(45)60(2,3)51(47)37-52(55)61-58(49)59(57)63/h6,8-17,19-37,61-62H,4-5,7,18H2,1-3H3. The number of rotatable bonds is 9. The van der Waals surface area contributed by atoms with Crippen molar-refractivity contribution in [3.05, 3.63) is 199 Å². The molecule has 1 aromatic heterocycles. The van der Waals surface area contributed by atoms with Crippen LogP contribution in [0.25, 0.3) is 82.8 Å². The highest BCUT2D eigenvalue weighted by Gasteiger charge is 2.38. The molecule has 1 aliphatic carbocycles. The van der Waals surface area contributed by atoms with Gasteiger partial charge in [-0.15, -0.1) is 0 Å². The first-order chi connectivity index (χ1) is 31.0. The molecular weight excluding hydrogens is 759 g/mol. The van der Waals surface area contributed by atoms with Crippen molar-refractivity contribution in [1.29, 1.82) is 0 Å². The van der Waals surface area contributed by atoms with Crippen LogP contribution in [-0.4, -0.2) is 11.8 Å². The van der Waals surface area contributed by atoms with E-state index in [1.807, 2.05) is 0 Å². The minimum absolute atomic E-state index is 0.0958. The summed E-state index contributed by atoms with van der Waals surface area (Å²) < 4.78 is 2.64. The van der Waals surface area contributed by atoms with Gasteiger partial charge < -0.3 is 9.88 Å². The average Bonchev–Trinajstić information content (AvgIpc) is 3.79. The Morgan fingerprint density at radius 3 is 2.08 bits per heavy atom. The fraction of sp³-hybridized carbons (Fsp3) is 0.133. The summed E-state index contributed by atoms with van der Waals surface area (Å²) in [6.45, 7) is 7.07. The molecule has 12 rings (SSSR count). The summed E-state index contributed by atoms with van der Waals surface area (Å²) in [6.07, 6.45) is 4.86. The predicted molar refractivity (Wildman–Crippen MR) is 272 cm³/mol. The van der Waals surface area contributed by atoms with Crippen LogP contribution in [0, 0.1) is 0 Å². The van der Waals surface area contributed by atoms with E-state index >= 15 is 0 Å². The van der Waals surface area contributed by atoms with Crippen molar-refractivity contribution in [2.45, 2.75) is 51.9 Å². The number of nitrogens with one attached hydrogen (secondary N) is 1. The van der Waals surface area contributed by atoms with E-state index in [1.165, 1.54) is 130 Å². The third-order valence-corrected chi connectivity index (χ3v) is 14.2. The van der Waals surface area contributed by atoms with Crippen LogP contribution in [0.2, 0.25) is 0 Å². The number of hydrogen-bond donors (Lipinski definition) is 1. The van der Waals surface area contributed by atoms with Gasteiger partial charge in [-0.2, -0.15) is 0 Å². The zero-order chi connectivity index (χ0) is 42.2. The molecule has 2 aliphatic rings. The number of anilines is 2. The van der Waals surface area contributed by atoms with E-state index in [0.29, 0.717) is 0 Å². The summed E-state index contributed by atoms with van der Waals surface area (Å²) in [5, 5.41) is 9.09. The third kappa shape index (κ3) is 5.94. The molecule has 9 aromatic carbocycles. The molecule has 0 fully saturated rings. The summed E-state index contributed by atoms with van der Waals surface area (Å²) in [5.74, 6) is 0. The summed E-state index contributed by atoms with van der Waals surface area (Å²) >= 11 is 0. The Balaban J connectivity index is 1.18. The number of nitrogens with zero attached hydrogens (tertiary/aromatic N) is 1. The Hall–Kier alpha value is -7.10. The molecular formula is C60H49BN2. The Morgan fingerprint density at radius 1 is 0.540 bits per heavy atom. The van der Waals surface area contributed by atoms with E-state index in [9.17, 15) is 0 Å². The summed E-state index contributed by atoms with van der Waals surface area (Å²) in [7, 11) is 0.830. The van der Waals surface area contributed by atoms with Gasteiger partial charge in [-0.25, -0.2) is 0 Å². The van der Waals surface area contributed by atoms with Crippen LogP contribution >= 0.6 is 0 Å². The molecule has 0 radical (unpaired) electrons. The molecule has 0 unspecified atom stereocenters. The lowest BCUT2D eigenvalue weighted by Crippen LogP contribution is -2.38. The quantitative estimate of drug-likeness (QED) is 0.114. The summed E-state index contributed by atoms with van der Waals surface area (Å²) in [4.78, 5) is 0. The topological polar surface area (TPSA) is 17.0 Å². The van der Waals surface area contributed by atoms with Gasteiger partial charge in [0, 0.05) is 44.3 Å². The van der Waals surface area contributed by atoms with Crippen LogP contribution in [0.1, 0.15) is 56.7 Å². The van der Waals surface area contributed by atoms with Crippen LogP contribution in [-0.2, 0) is 11.8 Å².